The highest BCUT2D eigenvalue weighted by Crippen LogP contribution is 2.32. The van der Waals surface area contributed by atoms with Gasteiger partial charge < -0.3 is 5.32 Å². The van der Waals surface area contributed by atoms with Gasteiger partial charge in [0.05, 0.1) is 24.9 Å². The summed E-state index contributed by atoms with van der Waals surface area (Å²) in [5.41, 5.74) is 2.62. The Bertz CT molecular complexity index is 844. The molecule has 2 aromatic rings. The second-order valence-electron chi connectivity index (χ2n) is 6.61. The maximum atomic E-state index is 12.4. The van der Waals surface area contributed by atoms with E-state index in [-0.39, 0.29) is 24.9 Å². The second-order valence-corrected chi connectivity index (χ2v) is 9.55. The molecule has 1 aromatic carbocycles. The number of nitrogens with one attached hydrogen (secondary N) is 1. The van der Waals surface area contributed by atoms with Crippen molar-refractivity contribution < 1.29 is 13.2 Å². The van der Waals surface area contributed by atoms with Gasteiger partial charge in [0.15, 0.2) is 0 Å². The molecule has 0 aliphatic heterocycles. The fourth-order valence-corrected chi connectivity index (χ4v) is 4.57. The van der Waals surface area contributed by atoms with Crippen molar-refractivity contribution in [3.8, 4) is 0 Å². The summed E-state index contributed by atoms with van der Waals surface area (Å²) < 4.78 is 26.2. The summed E-state index contributed by atoms with van der Waals surface area (Å²) in [5, 5.41) is 4.75. The van der Waals surface area contributed by atoms with Crippen molar-refractivity contribution in [2.75, 3.05) is 23.7 Å². The zero-order valence-electron chi connectivity index (χ0n) is 15.7. The van der Waals surface area contributed by atoms with E-state index in [1.165, 1.54) is 21.9 Å². The molecule has 0 aliphatic carbocycles. The van der Waals surface area contributed by atoms with Crippen molar-refractivity contribution in [3.05, 3.63) is 51.7 Å². The van der Waals surface area contributed by atoms with E-state index in [2.05, 4.69) is 5.32 Å². The Morgan fingerprint density at radius 3 is 2.54 bits per heavy atom. The molecule has 2 rings (SSSR count). The minimum atomic E-state index is -3.46. The molecule has 5 nitrogen and oxygen atoms in total. The number of carbonyl (C=O) groups excluding carboxylic acids is 1. The molecule has 0 spiro atoms. The fourth-order valence-electron chi connectivity index (χ4n) is 2.86. The maximum Gasteiger partial charge on any atom is 0.232 e. The molecule has 0 aliphatic rings. The second kappa shape index (κ2) is 8.68. The minimum Gasteiger partial charge on any atom is -0.354 e. The molecule has 26 heavy (non-hydrogen) atoms. The Kier molecular flexibility index (Phi) is 6.83. The van der Waals surface area contributed by atoms with Gasteiger partial charge in [-0.15, -0.1) is 11.3 Å². The van der Waals surface area contributed by atoms with Gasteiger partial charge >= 0.3 is 0 Å². The zero-order chi connectivity index (χ0) is 19.3. The molecule has 1 amide bonds. The molecule has 0 radical (unpaired) electrons. The number of anilines is 1. The number of para-hydroxylation sites is 1. The fraction of sp³-hybridized carbons (Fsp3) is 0.421. The van der Waals surface area contributed by atoms with Gasteiger partial charge in [0.2, 0.25) is 15.9 Å². The topological polar surface area (TPSA) is 66.5 Å². The smallest absolute Gasteiger partial charge is 0.232 e. The molecule has 0 fully saturated rings. The molecule has 0 saturated carbocycles. The Hall–Kier alpha value is -1.86. The molecule has 0 unspecified atom stereocenters. The van der Waals surface area contributed by atoms with Crippen LogP contribution in [0.2, 0.25) is 0 Å². The van der Waals surface area contributed by atoms with Crippen LogP contribution in [0.3, 0.4) is 0 Å². The van der Waals surface area contributed by atoms with Crippen LogP contribution in [0.1, 0.15) is 35.8 Å². The first kappa shape index (κ1) is 20.5. The standard InChI is InChI=1S/C19H26N2O3S2/c1-14(2)17-9-5-7-15(3)19(17)21(26(4,23)24)11-10-20-18(22)13-16-8-6-12-25-16/h5-9,12,14H,10-11,13H2,1-4H3,(H,20,22). The summed E-state index contributed by atoms with van der Waals surface area (Å²) in [6.07, 6.45) is 1.52. The Labute approximate surface area is 160 Å². The van der Waals surface area contributed by atoms with E-state index in [9.17, 15) is 13.2 Å². The average Bonchev–Trinajstić information content (AvgIpc) is 3.03. The normalized spacial score (nSPS) is 11.6. The summed E-state index contributed by atoms with van der Waals surface area (Å²) in [7, 11) is -3.46. The third-order valence-electron chi connectivity index (χ3n) is 4.09. The monoisotopic (exact) mass is 394 g/mol. The van der Waals surface area contributed by atoms with Crippen molar-refractivity contribution in [3.63, 3.8) is 0 Å². The summed E-state index contributed by atoms with van der Waals surface area (Å²) in [6, 6.07) is 9.63. The molecular weight excluding hydrogens is 368 g/mol. The molecule has 0 saturated heterocycles. The molecule has 1 heterocycles. The van der Waals surface area contributed by atoms with Gasteiger partial charge in [-0.25, -0.2) is 8.42 Å². The summed E-state index contributed by atoms with van der Waals surface area (Å²) in [6.45, 7) is 6.47. The van der Waals surface area contributed by atoms with Gasteiger partial charge in [-0.3, -0.25) is 9.10 Å². The van der Waals surface area contributed by atoms with Crippen molar-refractivity contribution in [1.29, 1.82) is 0 Å². The highest BCUT2D eigenvalue weighted by molar-refractivity contribution is 7.92. The van der Waals surface area contributed by atoms with E-state index in [1.807, 2.05) is 56.5 Å². The summed E-state index contributed by atoms with van der Waals surface area (Å²) >= 11 is 1.53. The van der Waals surface area contributed by atoms with Gasteiger partial charge in [-0.1, -0.05) is 38.1 Å². The van der Waals surface area contributed by atoms with Gasteiger partial charge in [0.25, 0.3) is 0 Å². The van der Waals surface area contributed by atoms with Gasteiger partial charge in [0.1, 0.15) is 0 Å². The van der Waals surface area contributed by atoms with E-state index >= 15 is 0 Å². The number of amides is 1. The van der Waals surface area contributed by atoms with Crippen molar-refractivity contribution in [2.24, 2.45) is 0 Å². The van der Waals surface area contributed by atoms with Crippen LogP contribution in [0.5, 0.6) is 0 Å². The van der Waals surface area contributed by atoms with Gasteiger partial charge in [0, 0.05) is 11.4 Å². The predicted molar refractivity (Wildman–Crippen MR) is 108 cm³/mol. The van der Waals surface area contributed by atoms with Crippen LogP contribution in [0.25, 0.3) is 0 Å². The van der Waals surface area contributed by atoms with Gasteiger partial charge in [-0.2, -0.15) is 0 Å². The van der Waals surface area contributed by atoms with E-state index in [0.717, 1.165) is 21.7 Å². The van der Waals surface area contributed by atoms with E-state index < -0.39 is 10.0 Å². The first-order chi connectivity index (χ1) is 12.2. The number of thiophene rings is 1. The lowest BCUT2D eigenvalue weighted by atomic mass is 9.98. The highest BCUT2D eigenvalue weighted by Gasteiger charge is 2.23. The lowest BCUT2D eigenvalue weighted by Crippen LogP contribution is -2.39. The highest BCUT2D eigenvalue weighted by atomic mass is 32.2. The first-order valence-corrected chi connectivity index (χ1v) is 11.3. The average molecular weight is 395 g/mol. The van der Waals surface area contributed by atoms with E-state index in [4.69, 9.17) is 0 Å². The number of hydrogen-bond donors (Lipinski definition) is 1. The summed E-state index contributed by atoms with van der Waals surface area (Å²) in [5.74, 6) is 0.0948. The number of hydrogen-bond acceptors (Lipinski definition) is 4. The number of aryl methyl sites for hydroxylation is 1. The summed E-state index contributed by atoms with van der Waals surface area (Å²) in [4.78, 5) is 13.0. The molecule has 0 bridgehead atoms. The molecule has 1 N–H and O–H groups in total. The van der Waals surface area contributed by atoms with Crippen LogP contribution < -0.4 is 9.62 Å². The molecule has 1 aromatic heterocycles. The van der Waals surface area contributed by atoms with E-state index in [1.54, 1.807) is 0 Å². The van der Waals surface area contributed by atoms with Crippen LogP contribution in [-0.2, 0) is 21.2 Å². The zero-order valence-corrected chi connectivity index (χ0v) is 17.3. The number of nitrogens with zero attached hydrogens (tertiary/aromatic N) is 1. The van der Waals surface area contributed by atoms with Crippen molar-refractivity contribution in [2.45, 2.75) is 33.1 Å². The molecule has 7 heteroatoms. The third-order valence-corrected chi connectivity index (χ3v) is 6.13. The SMILES string of the molecule is Cc1cccc(C(C)C)c1N(CCNC(=O)Cc1cccs1)S(C)(=O)=O. The number of benzene rings is 1. The van der Waals surface area contributed by atoms with E-state index in [0.29, 0.717) is 6.42 Å². The largest absolute Gasteiger partial charge is 0.354 e. The van der Waals surface area contributed by atoms with Gasteiger partial charge in [-0.05, 0) is 35.4 Å². The third kappa shape index (κ3) is 5.32. The quantitative estimate of drug-likeness (QED) is 0.747. The van der Waals surface area contributed by atoms with Crippen LogP contribution in [-0.4, -0.2) is 33.7 Å². The number of rotatable bonds is 8. The maximum absolute atomic E-state index is 12.4. The predicted octanol–water partition coefficient (Wildman–Crippen LogP) is 3.30. The van der Waals surface area contributed by atoms with Crippen LogP contribution in [0, 0.1) is 6.92 Å². The Balaban J connectivity index is 2.14. The van der Waals surface area contributed by atoms with Crippen molar-refractivity contribution in [1.82, 2.24) is 5.32 Å². The number of sulfonamides is 1. The van der Waals surface area contributed by atoms with Crippen molar-refractivity contribution >= 4 is 33.0 Å². The molecular formula is C19H26N2O3S2. The minimum absolute atomic E-state index is 0.102. The lowest BCUT2D eigenvalue weighted by Gasteiger charge is -2.28. The molecule has 142 valence electrons. The Morgan fingerprint density at radius 1 is 1.23 bits per heavy atom. The molecule has 0 atom stereocenters. The van der Waals surface area contributed by atoms with Crippen LogP contribution >= 0.6 is 11.3 Å². The number of carbonyl (C=O) groups is 1. The van der Waals surface area contributed by atoms with Crippen LogP contribution in [0.15, 0.2) is 35.7 Å². The first-order valence-electron chi connectivity index (χ1n) is 8.56. The van der Waals surface area contributed by atoms with Crippen LogP contribution in [0.4, 0.5) is 5.69 Å². The lowest BCUT2D eigenvalue weighted by molar-refractivity contribution is -0.120. The Morgan fingerprint density at radius 2 is 1.96 bits per heavy atom.